The molecule has 0 aliphatic carbocycles. The van der Waals surface area contributed by atoms with Crippen molar-refractivity contribution in [1.82, 2.24) is 9.97 Å². The minimum Gasteiger partial charge on any atom is -0.481 e. The normalized spacial score (nSPS) is 9.75. The van der Waals surface area contributed by atoms with E-state index in [9.17, 15) is 4.79 Å². The molecule has 0 aliphatic rings. The molecule has 0 unspecified atom stereocenters. The maximum absolute atomic E-state index is 10.1. The molecule has 0 aliphatic heterocycles. The predicted octanol–water partition coefficient (Wildman–Crippen LogP) is 1.31. The quantitative estimate of drug-likeness (QED) is 0.594. The topological polar surface area (TPSA) is 63.1 Å². The minimum absolute atomic E-state index is 0.0400. The van der Waals surface area contributed by atoms with Gasteiger partial charge in [0.1, 0.15) is 0 Å². The van der Waals surface area contributed by atoms with Crippen LogP contribution >= 0.6 is 23.4 Å². The molecule has 0 atom stereocenters. The molecule has 0 bridgehead atoms. The summed E-state index contributed by atoms with van der Waals surface area (Å²) in [6, 6.07) is 0. The largest absolute Gasteiger partial charge is 0.481 e. The summed E-state index contributed by atoms with van der Waals surface area (Å²) < 4.78 is 0. The van der Waals surface area contributed by atoms with E-state index < -0.39 is 5.97 Å². The summed E-state index contributed by atoms with van der Waals surface area (Å²) in [6.45, 7) is 0. The lowest BCUT2D eigenvalue weighted by Gasteiger charge is -1.94. The Hall–Kier alpha value is -0.810. The Kier molecular flexibility index (Phi) is 3.31. The molecule has 4 nitrogen and oxygen atoms in total. The molecule has 1 aromatic heterocycles. The lowest BCUT2D eigenvalue weighted by Crippen LogP contribution is -1.98. The molecule has 1 aromatic rings. The van der Waals surface area contributed by atoms with Gasteiger partial charge < -0.3 is 5.11 Å². The second-order valence-corrected chi connectivity index (χ2v) is 3.25. The molecule has 0 saturated carbocycles. The number of hydrogen-bond donors (Lipinski definition) is 1. The van der Waals surface area contributed by atoms with Crippen molar-refractivity contribution in [2.24, 2.45) is 0 Å². The fourth-order valence-electron chi connectivity index (χ4n) is 0.501. The van der Waals surface area contributed by atoms with Crippen LogP contribution in [0.4, 0.5) is 0 Å². The first-order valence-electron chi connectivity index (χ1n) is 3.00. The number of aliphatic carboxylic acids is 1. The Morgan fingerprint density at radius 3 is 2.67 bits per heavy atom. The third-order valence-electron chi connectivity index (χ3n) is 0.921. The van der Waals surface area contributed by atoms with Gasteiger partial charge in [-0.15, -0.1) is 0 Å². The average molecular weight is 205 g/mol. The Balaban J connectivity index is 2.53. The Bertz CT molecular complexity index is 277. The zero-order chi connectivity index (χ0) is 8.97. The molecular weight excluding hydrogens is 200 g/mol. The fraction of sp³-hybridized carbons (Fsp3) is 0.167. The van der Waals surface area contributed by atoms with Gasteiger partial charge >= 0.3 is 5.97 Å². The number of aromatic nitrogens is 2. The van der Waals surface area contributed by atoms with E-state index in [4.69, 9.17) is 16.7 Å². The van der Waals surface area contributed by atoms with E-state index in [0.717, 1.165) is 11.8 Å². The maximum atomic E-state index is 10.1. The Morgan fingerprint density at radius 2 is 2.17 bits per heavy atom. The standard InChI is InChI=1S/C6H5ClN2O2S/c7-4-1-8-6(9-2-4)12-3-5(10)11/h1-2H,3H2,(H,10,11). The highest BCUT2D eigenvalue weighted by atomic mass is 35.5. The number of nitrogens with zero attached hydrogens (tertiary/aromatic N) is 2. The van der Waals surface area contributed by atoms with Crippen LogP contribution in [-0.2, 0) is 4.79 Å². The van der Waals surface area contributed by atoms with Gasteiger partial charge in [-0.1, -0.05) is 23.4 Å². The van der Waals surface area contributed by atoms with Gasteiger partial charge in [0.05, 0.1) is 23.2 Å². The van der Waals surface area contributed by atoms with E-state index in [1.54, 1.807) is 0 Å². The number of rotatable bonds is 3. The molecule has 0 saturated heterocycles. The first-order valence-corrected chi connectivity index (χ1v) is 4.37. The van der Waals surface area contributed by atoms with Gasteiger partial charge in [0.25, 0.3) is 0 Å². The third-order valence-corrected chi connectivity index (χ3v) is 1.98. The monoisotopic (exact) mass is 204 g/mol. The summed E-state index contributed by atoms with van der Waals surface area (Å²) in [7, 11) is 0. The van der Waals surface area contributed by atoms with Crippen molar-refractivity contribution in [2.45, 2.75) is 5.16 Å². The number of carboxylic acid groups (broad SMARTS) is 1. The predicted molar refractivity (Wildman–Crippen MR) is 45.4 cm³/mol. The minimum atomic E-state index is -0.890. The van der Waals surface area contributed by atoms with E-state index in [1.807, 2.05) is 0 Å². The SMILES string of the molecule is O=C(O)CSc1ncc(Cl)cn1. The van der Waals surface area contributed by atoms with E-state index in [2.05, 4.69) is 9.97 Å². The van der Waals surface area contributed by atoms with E-state index >= 15 is 0 Å². The highest BCUT2D eigenvalue weighted by Crippen LogP contribution is 2.12. The average Bonchev–Trinajstić information content (AvgIpc) is 2.03. The van der Waals surface area contributed by atoms with Crippen molar-refractivity contribution >= 4 is 29.3 Å². The molecule has 0 fully saturated rings. The number of carbonyl (C=O) groups is 1. The number of hydrogen-bond acceptors (Lipinski definition) is 4. The first-order chi connectivity index (χ1) is 5.68. The summed E-state index contributed by atoms with van der Waals surface area (Å²) in [6.07, 6.45) is 2.86. The highest BCUT2D eigenvalue weighted by molar-refractivity contribution is 7.99. The molecule has 12 heavy (non-hydrogen) atoms. The van der Waals surface area contributed by atoms with Crippen molar-refractivity contribution in [2.75, 3.05) is 5.75 Å². The van der Waals surface area contributed by atoms with Gasteiger partial charge in [-0.2, -0.15) is 0 Å². The van der Waals surface area contributed by atoms with Crippen molar-refractivity contribution in [1.29, 1.82) is 0 Å². The Morgan fingerprint density at radius 1 is 1.58 bits per heavy atom. The second kappa shape index (κ2) is 4.27. The molecule has 0 radical (unpaired) electrons. The number of thioether (sulfide) groups is 1. The molecule has 1 heterocycles. The first kappa shape index (κ1) is 9.28. The molecule has 1 N–H and O–H groups in total. The van der Waals surface area contributed by atoms with Crippen LogP contribution in [0.25, 0.3) is 0 Å². The van der Waals surface area contributed by atoms with Crippen molar-refractivity contribution < 1.29 is 9.90 Å². The summed E-state index contributed by atoms with van der Waals surface area (Å²) in [5.74, 6) is -0.930. The van der Waals surface area contributed by atoms with Crippen molar-refractivity contribution in [3.63, 3.8) is 0 Å². The third kappa shape index (κ3) is 3.06. The van der Waals surface area contributed by atoms with Gasteiger partial charge in [-0.05, 0) is 0 Å². The van der Waals surface area contributed by atoms with Crippen molar-refractivity contribution in [3.8, 4) is 0 Å². The zero-order valence-electron chi connectivity index (χ0n) is 5.90. The van der Waals surface area contributed by atoms with Crippen LogP contribution in [0, 0.1) is 0 Å². The molecular formula is C6H5ClN2O2S. The van der Waals surface area contributed by atoms with Gasteiger partial charge in [0.15, 0.2) is 5.16 Å². The van der Waals surface area contributed by atoms with Crippen LogP contribution in [0.1, 0.15) is 0 Å². The van der Waals surface area contributed by atoms with Gasteiger partial charge in [-0.25, -0.2) is 9.97 Å². The summed E-state index contributed by atoms with van der Waals surface area (Å²) in [4.78, 5) is 17.8. The van der Waals surface area contributed by atoms with Crippen LogP contribution in [0.5, 0.6) is 0 Å². The van der Waals surface area contributed by atoms with Crippen LogP contribution in [-0.4, -0.2) is 26.8 Å². The number of carboxylic acids is 1. The molecule has 6 heteroatoms. The number of halogens is 1. The summed E-state index contributed by atoms with van der Waals surface area (Å²) in [5.41, 5.74) is 0. The lowest BCUT2D eigenvalue weighted by molar-refractivity contribution is -0.133. The summed E-state index contributed by atoms with van der Waals surface area (Å²) >= 11 is 6.58. The van der Waals surface area contributed by atoms with Crippen LogP contribution in [0.3, 0.4) is 0 Å². The second-order valence-electron chi connectivity index (χ2n) is 1.87. The van der Waals surface area contributed by atoms with Gasteiger partial charge in [0, 0.05) is 0 Å². The van der Waals surface area contributed by atoms with Crippen LogP contribution in [0.2, 0.25) is 5.02 Å². The van der Waals surface area contributed by atoms with Crippen LogP contribution in [0.15, 0.2) is 17.6 Å². The zero-order valence-corrected chi connectivity index (χ0v) is 7.47. The van der Waals surface area contributed by atoms with Gasteiger partial charge in [0.2, 0.25) is 0 Å². The molecule has 64 valence electrons. The molecule has 0 spiro atoms. The maximum Gasteiger partial charge on any atom is 0.313 e. The summed E-state index contributed by atoms with van der Waals surface area (Å²) in [5, 5.41) is 9.18. The fourth-order valence-corrected chi connectivity index (χ4v) is 1.11. The van der Waals surface area contributed by atoms with Gasteiger partial charge in [-0.3, -0.25) is 4.79 Å². The molecule has 1 rings (SSSR count). The lowest BCUT2D eigenvalue weighted by atomic mass is 10.7. The van der Waals surface area contributed by atoms with E-state index in [-0.39, 0.29) is 5.75 Å². The smallest absolute Gasteiger partial charge is 0.313 e. The molecule has 0 aromatic carbocycles. The van der Waals surface area contributed by atoms with Crippen LogP contribution < -0.4 is 0 Å². The van der Waals surface area contributed by atoms with Crippen molar-refractivity contribution in [3.05, 3.63) is 17.4 Å². The van der Waals surface area contributed by atoms with E-state index in [1.165, 1.54) is 12.4 Å². The Labute approximate surface area is 78.0 Å². The molecule has 0 amide bonds. The van der Waals surface area contributed by atoms with E-state index in [0.29, 0.717) is 10.2 Å². The highest BCUT2D eigenvalue weighted by Gasteiger charge is 2.01.